The molecule has 21 heavy (non-hydrogen) atoms. The molecule has 0 bridgehead atoms. The fraction of sp³-hybridized carbons (Fsp3) is 0.455. The Balaban J connectivity index is 2.69. The first-order chi connectivity index (χ1) is 9.77. The Labute approximate surface area is 121 Å². The minimum absolute atomic E-state index is 0.0697. The third-order valence-corrected chi connectivity index (χ3v) is 3.93. The van der Waals surface area contributed by atoms with Crippen molar-refractivity contribution < 1.29 is 32.3 Å². The van der Waals surface area contributed by atoms with Gasteiger partial charge in [-0.1, -0.05) is 0 Å². The van der Waals surface area contributed by atoms with Crippen LogP contribution in [0.25, 0.3) is 0 Å². The lowest BCUT2D eigenvalue weighted by Gasteiger charge is -2.06. The number of aryl methyl sites for hydroxylation is 1. The molecule has 0 atom stereocenters. The quantitative estimate of drug-likeness (QED) is 0.540. The summed E-state index contributed by atoms with van der Waals surface area (Å²) in [6.45, 7) is 1.41. The Morgan fingerprint density at radius 2 is 2.10 bits per heavy atom. The SMILES string of the molecule is COCCNC(=O)CNS(=O)(=O)c1cc(C(=O)O)oc1C. The Morgan fingerprint density at radius 3 is 2.62 bits per heavy atom. The van der Waals surface area contributed by atoms with Crippen LogP contribution in [0.4, 0.5) is 0 Å². The molecule has 9 nitrogen and oxygen atoms in total. The highest BCUT2D eigenvalue weighted by Crippen LogP contribution is 2.19. The lowest BCUT2D eigenvalue weighted by molar-refractivity contribution is -0.120. The van der Waals surface area contributed by atoms with Crippen molar-refractivity contribution in [1.29, 1.82) is 0 Å². The van der Waals surface area contributed by atoms with Crippen molar-refractivity contribution in [1.82, 2.24) is 10.0 Å². The van der Waals surface area contributed by atoms with Crippen molar-refractivity contribution in [3.63, 3.8) is 0 Å². The molecule has 0 radical (unpaired) electrons. The van der Waals surface area contributed by atoms with E-state index in [-0.39, 0.29) is 17.2 Å². The number of hydrogen-bond donors (Lipinski definition) is 3. The maximum atomic E-state index is 12.0. The van der Waals surface area contributed by atoms with Gasteiger partial charge in [0.1, 0.15) is 10.7 Å². The van der Waals surface area contributed by atoms with Crippen molar-refractivity contribution in [2.75, 3.05) is 26.8 Å². The summed E-state index contributed by atoms with van der Waals surface area (Å²) in [5.74, 6) is -2.47. The van der Waals surface area contributed by atoms with Gasteiger partial charge in [0, 0.05) is 19.7 Å². The lowest BCUT2D eigenvalue weighted by atomic mass is 10.4. The van der Waals surface area contributed by atoms with E-state index in [0.717, 1.165) is 6.07 Å². The Hall–Kier alpha value is -1.91. The van der Waals surface area contributed by atoms with Gasteiger partial charge in [0.25, 0.3) is 0 Å². The molecule has 0 saturated heterocycles. The monoisotopic (exact) mass is 320 g/mol. The highest BCUT2D eigenvalue weighted by Gasteiger charge is 2.24. The molecular weight excluding hydrogens is 304 g/mol. The number of nitrogens with one attached hydrogen (secondary N) is 2. The van der Waals surface area contributed by atoms with Gasteiger partial charge in [0.05, 0.1) is 13.2 Å². The predicted molar refractivity (Wildman–Crippen MR) is 70.5 cm³/mol. The molecule has 0 aliphatic heterocycles. The second-order valence-corrected chi connectivity index (χ2v) is 5.74. The molecule has 0 spiro atoms. The van der Waals surface area contributed by atoms with Crippen molar-refractivity contribution >= 4 is 21.9 Å². The van der Waals surface area contributed by atoms with E-state index in [9.17, 15) is 18.0 Å². The Morgan fingerprint density at radius 1 is 1.43 bits per heavy atom. The fourth-order valence-corrected chi connectivity index (χ4v) is 2.59. The number of aromatic carboxylic acids is 1. The summed E-state index contributed by atoms with van der Waals surface area (Å²) in [5, 5.41) is 11.2. The fourth-order valence-electron chi connectivity index (χ4n) is 1.43. The smallest absolute Gasteiger partial charge is 0.371 e. The number of sulfonamides is 1. The molecule has 1 aromatic rings. The van der Waals surface area contributed by atoms with Gasteiger partial charge in [0.2, 0.25) is 21.7 Å². The summed E-state index contributed by atoms with van der Waals surface area (Å²) in [5.41, 5.74) is 0. The van der Waals surface area contributed by atoms with Crippen LogP contribution in [0.2, 0.25) is 0 Å². The molecular formula is C11H16N2O7S. The second kappa shape index (κ2) is 7.20. The summed E-state index contributed by atoms with van der Waals surface area (Å²) in [4.78, 5) is 21.8. The summed E-state index contributed by atoms with van der Waals surface area (Å²) in [7, 11) is -2.56. The zero-order valence-electron chi connectivity index (χ0n) is 11.5. The number of carboxylic acid groups (broad SMARTS) is 1. The third-order valence-electron chi connectivity index (χ3n) is 2.42. The van der Waals surface area contributed by atoms with Crippen LogP contribution in [-0.4, -0.2) is 52.2 Å². The number of carbonyl (C=O) groups is 2. The number of carboxylic acids is 1. The average molecular weight is 320 g/mol. The van der Waals surface area contributed by atoms with E-state index in [1.54, 1.807) is 0 Å². The summed E-state index contributed by atoms with van der Waals surface area (Å²) in [6.07, 6.45) is 0. The minimum Gasteiger partial charge on any atom is -0.475 e. The molecule has 1 amide bonds. The maximum Gasteiger partial charge on any atom is 0.371 e. The first-order valence-corrected chi connectivity index (χ1v) is 7.35. The van der Waals surface area contributed by atoms with Crippen LogP contribution in [0.15, 0.2) is 15.4 Å². The molecule has 0 aromatic carbocycles. The van der Waals surface area contributed by atoms with Gasteiger partial charge in [-0.2, -0.15) is 0 Å². The number of carbonyl (C=O) groups excluding carboxylic acids is 1. The van der Waals surface area contributed by atoms with Crippen molar-refractivity contribution in [2.45, 2.75) is 11.8 Å². The van der Waals surface area contributed by atoms with Crippen LogP contribution in [-0.2, 0) is 19.6 Å². The number of hydrogen-bond acceptors (Lipinski definition) is 6. The van der Waals surface area contributed by atoms with Gasteiger partial charge in [-0.05, 0) is 6.92 Å². The van der Waals surface area contributed by atoms with E-state index in [1.807, 2.05) is 0 Å². The molecule has 0 aliphatic carbocycles. The normalized spacial score (nSPS) is 11.3. The molecule has 1 rings (SSSR count). The molecule has 0 fully saturated rings. The first kappa shape index (κ1) is 17.1. The van der Waals surface area contributed by atoms with Gasteiger partial charge in [0.15, 0.2) is 0 Å². The Kier molecular flexibility index (Phi) is 5.88. The topological polar surface area (TPSA) is 135 Å². The third kappa shape index (κ3) is 4.85. The molecule has 1 heterocycles. The van der Waals surface area contributed by atoms with E-state index < -0.39 is 34.2 Å². The number of furan rings is 1. The second-order valence-electron chi connectivity index (χ2n) is 4.00. The van der Waals surface area contributed by atoms with Crippen LogP contribution in [0.1, 0.15) is 16.3 Å². The molecule has 0 unspecified atom stereocenters. The number of ether oxygens (including phenoxy) is 1. The molecule has 1 aromatic heterocycles. The minimum atomic E-state index is -4.03. The van der Waals surface area contributed by atoms with Crippen molar-refractivity contribution in [3.8, 4) is 0 Å². The van der Waals surface area contributed by atoms with Gasteiger partial charge < -0.3 is 19.6 Å². The zero-order chi connectivity index (χ0) is 16.0. The molecule has 0 saturated carbocycles. The highest BCUT2D eigenvalue weighted by atomic mass is 32.2. The summed E-state index contributed by atoms with van der Waals surface area (Å²) < 4.78 is 35.5. The zero-order valence-corrected chi connectivity index (χ0v) is 12.3. The van der Waals surface area contributed by atoms with Gasteiger partial charge in [-0.15, -0.1) is 0 Å². The van der Waals surface area contributed by atoms with E-state index in [0.29, 0.717) is 6.61 Å². The van der Waals surface area contributed by atoms with Crippen LogP contribution in [0, 0.1) is 6.92 Å². The van der Waals surface area contributed by atoms with Crippen molar-refractivity contribution in [3.05, 3.63) is 17.6 Å². The molecule has 10 heteroatoms. The largest absolute Gasteiger partial charge is 0.475 e. The van der Waals surface area contributed by atoms with E-state index in [2.05, 4.69) is 10.0 Å². The molecule has 118 valence electrons. The van der Waals surface area contributed by atoms with Crippen molar-refractivity contribution in [2.24, 2.45) is 0 Å². The summed E-state index contributed by atoms with van der Waals surface area (Å²) in [6, 6.07) is 0.892. The van der Waals surface area contributed by atoms with Crippen LogP contribution in [0.3, 0.4) is 0 Å². The van der Waals surface area contributed by atoms with Crippen LogP contribution < -0.4 is 10.0 Å². The van der Waals surface area contributed by atoms with Gasteiger partial charge >= 0.3 is 5.97 Å². The average Bonchev–Trinajstić information content (AvgIpc) is 2.80. The predicted octanol–water partition coefficient (Wildman–Crippen LogP) is -0.673. The highest BCUT2D eigenvalue weighted by molar-refractivity contribution is 7.89. The summed E-state index contributed by atoms with van der Waals surface area (Å²) >= 11 is 0. The number of amides is 1. The molecule has 0 aliphatic rings. The maximum absolute atomic E-state index is 12.0. The number of rotatable bonds is 8. The standard InChI is InChI=1S/C11H16N2O7S/c1-7-9(5-8(20-7)11(15)16)21(17,18)13-6-10(14)12-3-4-19-2/h5,13H,3-4,6H2,1-2H3,(H,12,14)(H,15,16). The van der Waals surface area contributed by atoms with E-state index in [1.165, 1.54) is 14.0 Å². The van der Waals surface area contributed by atoms with Gasteiger partial charge in [-0.3, -0.25) is 4.79 Å². The molecule has 3 N–H and O–H groups in total. The van der Waals surface area contributed by atoms with E-state index >= 15 is 0 Å². The van der Waals surface area contributed by atoms with E-state index in [4.69, 9.17) is 14.3 Å². The van der Waals surface area contributed by atoms with Gasteiger partial charge in [-0.25, -0.2) is 17.9 Å². The van der Waals surface area contributed by atoms with Crippen LogP contribution in [0.5, 0.6) is 0 Å². The lowest BCUT2D eigenvalue weighted by Crippen LogP contribution is -2.38. The first-order valence-electron chi connectivity index (χ1n) is 5.87. The van der Waals surface area contributed by atoms with Crippen LogP contribution >= 0.6 is 0 Å². The Bertz CT molecular complexity index is 621. The number of methoxy groups -OCH3 is 1.